The summed E-state index contributed by atoms with van der Waals surface area (Å²) in [5.41, 5.74) is 1.93. The van der Waals surface area contributed by atoms with Gasteiger partial charge in [-0.3, -0.25) is 14.6 Å². The number of morpholine rings is 1. The molecule has 3 heterocycles. The minimum Gasteiger partial charge on any atom is -0.356 e. The maximum absolute atomic E-state index is 12.6. The molecule has 0 saturated carbocycles. The Bertz CT molecular complexity index is 970. The van der Waals surface area contributed by atoms with Crippen LogP contribution < -0.4 is 10.6 Å². The van der Waals surface area contributed by atoms with Crippen LogP contribution in [0.1, 0.15) is 18.0 Å². The van der Waals surface area contributed by atoms with E-state index in [0.717, 1.165) is 18.5 Å². The van der Waals surface area contributed by atoms with Crippen molar-refractivity contribution in [1.82, 2.24) is 20.2 Å². The Morgan fingerprint density at radius 3 is 3.00 bits per heavy atom. The second-order valence-electron chi connectivity index (χ2n) is 6.78. The van der Waals surface area contributed by atoms with Crippen LogP contribution in [0, 0.1) is 0 Å². The number of rotatable bonds is 6. The van der Waals surface area contributed by atoms with E-state index in [1.807, 2.05) is 18.2 Å². The van der Waals surface area contributed by atoms with Crippen LogP contribution in [0.5, 0.6) is 0 Å². The third-order valence-corrected chi connectivity index (χ3v) is 4.87. The van der Waals surface area contributed by atoms with Gasteiger partial charge in [-0.15, -0.1) is 0 Å². The summed E-state index contributed by atoms with van der Waals surface area (Å²) in [4.78, 5) is 28.4. The van der Waals surface area contributed by atoms with E-state index in [1.54, 1.807) is 18.5 Å². The average molecular weight is 378 g/mol. The van der Waals surface area contributed by atoms with E-state index in [4.69, 9.17) is 4.74 Å². The summed E-state index contributed by atoms with van der Waals surface area (Å²) in [5, 5.41) is 6.96. The second kappa shape index (κ2) is 8.22. The zero-order valence-corrected chi connectivity index (χ0v) is 15.4. The standard InChI is InChI=1S/C21H22N4O3/c26-18-14-28-20(19(24-18)16-6-3-9-22-13-16)21(27)23-10-4-11-25-12-8-15-5-1-2-7-17(15)25/h1-3,5-9,12-13,19-20H,4,10-11,14H2,(H,23,27)(H,24,26)/t19-,20+/m1/s1. The van der Waals surface area contributed by atoms with Gasteiger partial charge < -0.3 is 19.9 Å². The Labute approximate surface area is 162 Å². The number of nitrogens with one attached hydrogen (secondary N) is 2. The van der Waals surface area contributed by atoms with E-state index in [2.05, 4.69) is 44.6 Å². The maximum Gasteiger partial charge on any atom is 0.251 e. The number of para-hydroxylation sites is 1. The number of aromatic nitrogens is 2. The van der Waals surface area contributed by atoms with Crippen LogP contribution in [0.2, 0.25) is 0 Å². The molecule has 4 rings (SSSR count). The number of aryl methyl sites for hydroxylation is 1. The van der Waals surface area contributed by atoms with Crippen molar-refractivity contribution in [3.63, 3.8) is 0 Å². The predicted molar refractivity (Wildman–Crippen MR) is 104 cm³/mol. The summed E-state index contributed by atoms with van der Waals surface area (Å²) in [6.07, 6.45) is 5.37. The molecule has 7 heteroatoms. The zero-order valence-electron chi connectivity index (χ0n) is 15.4. The van der Waals surface area contributed by atoms with Gasteiger partial charge in [0.2, 0.25) is 5.91 Å². The molecule has 1 aliphatic rings. The Morgan fingerprint density at radius 1 is 1.25 bits per heavy atom. The number of nitrogens with zero attached hydrogens (tertiary/aromatic N) is 2. The summed E-state index contributed by atoms with van der Waals surface area (Å²) in [6.45, 7) is 1.21. The molecule has 1 fully saturated rings. The van der Waals surface area contributed by atoms with Crippen molar-refractivity contribution in [2.45, 2.75) is 25.1 Å². The van der Waals surface area contributed by atoms with Crippen molar-refractivity contribution in [3.8, 4) is 0 Å². The lowest BCUT2D eigenvalue weighted by Crippen LogP contribution is -2.52. The van der Waals surface area contributed by atoms with E-state index in [9.17, 15) is 9.59 Å². The molecule has 3 aromatic rings. The van der Waals surface area contributed by atoms with Gasteiger partial charge in [0.25, 0.3) is 5.91 Å². The number of hydrogen-bond acceptors (Lipinski definition) is 4. The topological polar surface area (TPSA) is 85.2 Å². The molecule has 28 heavy (non-hydrogen) atoms. The van der Waals surface area contributed by atoms with Crippen molar-refractivity contribution < 1.29 is 14.3 Å². The van der Waals surface area contributed by atoms with Crippen LogP contribution in [0.4, 0.5) is 0 Å². The first-order valence-corrected chi connectivity index (χ1v) is 9.35. The second-order valence-corrected chi connectivity index (χ2v) is 6.78. The van der Waals surface area contributed by atoms with Gasteiger partial charge >= 0.3 is 0 Å². The number of carbonyl (C=O) groups excluding carboxylic acids is 2. The predicted octanol–water partition coefficient (Wildman–Crippen LogP) is 1.80. The summed E-state index contributed by atoms with van der Waals surface area (Å²) in [5.74, 6) is -0.469. The molecular formula is C21H22N4O3. The molecular weight excluding hydrogens is 356 g/mol. The first-order chi connectivity index (χ1) is 13.7. The van der Waals surface area contributed by atoms with Crippen molar-refractivity contribution in [2.75, 3.05) is 13.2 Å². The van der Waals surface area contributed by atoms with Gasteiger partial charge in [0.05, 0.1) is 6.04 Å². The molecule has 1 aliphatic heterocycles. The fourth-order valence-corrected chi connectivity index (χ4v) is 3.49. The highest BCUT2D eigenvalue weighted by Gasteiger charge is 2.35. The van der Waals surface area contributed by atoms with Gasteiger partial charge in [0.1, 0.15) is 6.61 Å². The molecule has 7 nitrogen and oxygen atoms in total. The highest BCUT2D eigenvalue weighted by molar-refractivity contribution is 5.86. The van der Waals surface area contributed by atoms with Gasteiger partial charge in [-0.2, -0.15) is 0 Å². The van der Waals surface area contributed by atoms with E-state index in [-0.39, 0.29) is 18.4 Å². The van der Waals surface area contributed by atoms with Crippen LogP contribution in [0.25, 0.3) is 10.9 Å². The number of benzene rings is 1. The van der Waals surface area contributed by atoms with Gasteiger partial charge in [-0.25, -0.2) is 0 Å². The van der Waals surface area contributed by atoms with Crippen molar-refractivity contribution >= 4 is 22.7 Å². The molecule has 0 aliphatic carbocycles. The fourth-order valence-electron chi connectivity index (χ4n) is 3.49. The van der Waals surface area contributed by atoms with E-state index < -0.39 is 12.1 Å². The Hall–Kier alpha value is -3.19. The molecule has 1 saturated heterocycles. The van der Waals surface area contributed by atoms with E-state index >= 15 is 0 Å². The molecule has 0 radical (unpaired) electrons. The third kappa shape index (κ3) is 3.89. The zero-order chi connectivity index (χ0) is 19.3. The first-order valence-electron chi connectivity index (χ1n) is 9.35. The number of amides is 2. The summed E-state index contributed by atoms with van der Waals surface area (Å²) in [7, 11) is 0. The smallest absolute Gasteiger partial charge is 0.251 e. The summed E-state index contributed by atoms with van der Waals surface area (Å²) in [6, 6.07) is 13.4. The maximum atomic E-state index is 12.6. The number of carbonyl (C=O) groups is 2. The molecule has 144 valence electrons. The molecule has 0 spiro atoms. The number of fused-ring (bicyclic) bond motifs is 1. The first kappa shape index (κ1) is 18.2. The summed E-state index contributed by atoms with van der Waals surface area (Å²) < 4.78 is 7.70. The molecule has 2 atom stereocenters. The van der Waals surface area contributed by atoms with Crippen LogP contribution >= 0.6 is 0 Å². The van der Waals surface area contributed by atoms with Crippen molar-refractivity contribution in [3.05, 3.63) is 66.6 Å². The lowest BCUT2D eigenvalue weighted by atomic mass is 10.0. The van der Waals surface area contributed by atoms with Crippen LogP contribution in [0.3, 0.4) is 0 Å². The Kier molecular flexibility index (Phi) is 5.34. The minimum absolute atomic E-state index is 0.121. The van der Waals surface area contributed by atoms with E-state index in [0.29, 0.717) is 6.54 Å². The highest BCUT2D eigenvalue weighted by Crippen LogP contribution is 2.22. The third-order valence-electron chi connectivity index (χ3n) is 4.87. The fraction of sp³-hybridized carbons (Fsp3) is 0.286. The largest absolute Gasteiger partial charge is 0.356 e. The average Bonchev–Trinajstić information content (AvgIpc) is 3.15. The van der Waals surface area contributed by atoms with Crippen molar-refractivity contribution in [2.24, 2.45) is 0 Å². The lowest BCUT2D eigenvalue weighted by Gasteiger charge is -2.31. The van der Waals surface area contributed by atoms with Gasteiger partial charge in [-0.1, -0.05) is 24.3 Å². The van der Waals surface area contributed by atoms with Crippen LogP contribution in [0.15, 0.2) is 61.1 Å². The van der Waals surface area contributed by atoms with E-state index in [1.165, 1.54) is 10.9 Å². The number of pyridine rings is 1. The molecule has 0 bridgehead atoms. The van der Waals surface area contributed by atoms with Crippen LogP contribution in [-0.2, 0) is 20.9 Å². The van der Waals surface area contributed by atoms with Gasteiger partial charge in [-0.05, 0) is 35.6 Å². The molecule has 1 aromatic carbocycles. The molecule has 2 aromatic heterocycles. The SMILES string of the molecule is O=C1CO[C@H](C(=O)NCCCn2ccc3ccccc32)[C@@H](c2cccnc2)N1. The Morgan fingerprint density at radius 2 is 2.14 bits per heavy atom. The summed E-state index contributed by atoms with van der Waals surface area (Å²) >= 11 is 0. The van der Waals surface area contributed by atoms with Gasteiger partial charge in [0, 0.05) is 37.2 Å². The highest BCUT2D eigenvalue weighted by atomic mass is 16.5. The molecule has 2 N–H and O–H groups in total. The van der Waals surface area contributed by atoms with Crippen molar-refractivity contribution in [1.29, 1.82) is 0 Å². The minimum atomic E-state index is -0.769. The quantitative estimate of drug-likeness (QED) is 0.641. The monoisotopic (exact) mass is 378 g/mol. The molecule has 2 amide bonds. The van der Waals surface area contributed by atoms with Crippen LogP contribution in [-0.4, -0.2) is 40.6 Å². The van der Waals surface area contributed by atoms with Gasteiger partial charge in [0.15, 0.2) is 6.10 Å². The normalized spacial score (nSPS) is 19.4. The Balaban J connectivity index is 1.34. The number of ether oxygens (including phenoxy) is 1. The molecule has 0 unspecified atom stereocenters. The lowest BCUT2D eigenvalue weighted by molar-refractivity contribution is -0.148. The number of hydrogen-bond donors (Lipinski definition) is 2.